The molecule has 0 saturated heterocycles. The molecule has 3 aliphatic rings. The molecule has 0 N–H and O–H groups in total. The molecule has 0 spiro atoms. The molecule has 1 atom stereocenters. The molecular formula is C13H21NO. The van der Waals surface area contributed by atoms with Crippen molar-refractivity contribution in [3.8, 4) is 0 Å². The zero-order valence-corrected chi connectivity index (χ0v) is 9.45. The summed E-state index contributed by atoms with van der Waals surface area (Å²) in [7, 11) is 0. The third-order valence-electron chi connectivity index (χ3n) is 4.12. The van der Waals surface area contributed by atoms with E-state index in [4.69, 9.17) is 0 Å². The minimum Gasteiger partial charge on any atom is -0.300 e. The van der Waals surface area contributed by atoms with Crippen LogP contribution in [0.1, 0.15) is 44.9 Å². The fraction of sp³-hybridized carbons (Fsp3) is 0.923. The van der Waals surface area contributed by atoms with Gasteiger partial charge in [0.1, 0.15) is 5.78 Å². The van der Waals surface area contributed by atoms with Crippen molar-refractivity contribution in [2.75, 3.05) is 13.1 Å². The first kappa shape index (κ1) is 9.83. The quantitative estimate of drug-likeness (QED) is 0.689. The number of hydrogen-bond donors (Lipinski definition) is 0. The summed E-state index contributed by atoms with van der Waals surface area (Å²) in [5.74, 6) is 2.44. The number of nitrogens with zero attached hydrogens (tertiary/aromatic N) is 1. The molecule has 0 heterocycles. The Balaban J connectivity index is 1.56. The second-order valence-electron chi connectivity index (χ2n) is 5.78. The largest absolute Gasteiger partial charge is 0.300 e. The second-order valence-corrected chi connectivity index (χ2v) is 5.78. The van der Waals surface area contributed by atoms with Crippen molar-refractivity contribution >= 4 is 5.78 Å². The van der Waals surface area contributed by atoms with Crippen molar-refractivity contribution in [2.24, 2.45) is 11.8 Å². The van der Waals surface area contributed by atoms with Crippen LogP contribution in [0, 0.1) is 11.8 Å². The van der Waals surface area contributed by atoms with Crippen LogP contribution in [0.15, 0.2) is 0 Å². The molecule has 0 aromatic carbocycles. The maximum Gasteiger partial charge on any atom is 0.134 e. The first-order valence-corrected chi connectivity index (χ1v) is 6.57. The second kappa shape index (κ2) is 3.89. The fourth-order valence-corrected chi connectivity index (χ4v) is 2.74. The Morgan fingerprint density at radius 1 is 1.00 bits per heavy atom. The lowest BCUT2D eigenvalue weighted by molar-refractivity contribution is -0.117. The van der Waals surface area contributed by atoms with Crippen LogP contribution in [0.5, 0.6) is 0 Å². The van der Waals surface area contributed by atoms with E-state index in [-0.39, 0.29) is 0 Å². The van der Waals surface area contributed by atoms with Crippen LogP contribution in [0.2, 0.25) is 0 Å². The maximum absolute atomic E-state index is 11.3. The van der Waals surface area contributed by atoms with Crippen LogP contribution in [-0.2, 0) is 4.79 Å². The lowest BCUT2D eigenvalue weighted by Gasteiger charge is -2.28. The highest BCUT2D eigenvalue weighted by molar-refractivity contribution is 5.81. The summed E-state index contributed by atoms with van der Waals surface area (Å²) in [4.78, 5) is 14.0. The van der Waals surface area contributed by atoms with Crippen LogP contribution in [0.4, 0.5) is 0 Å². The van der Waals surface area contributed by atoms with Gasteiger partial charge in [-0.25, -0.2) is 0 Å². The highest BCUT2D eigenvalue weighted by Crippen LogP contribution is 2.36. The van der Waals surface area contributed by atoms with Gasteiger partial charge in [-0.05, 0) is 43.9 Å². The van der Waals surface area contributed by atoms with Gasteiger partial charge in [-0.2, -0.15) is 0 Å². The van der Waals surface area contributed by atoms with Crippen molar-refractivity contribution in [2.45, 2.75) is 51.0 Å². The van der Waals surface area contributed by atoms with Gasteiger partial charge in [0.2, 0.25) is 0 Å². The standard InChI is InChI=1S/C13H21NO/c15-13-6-5-12(7-13)14(8-10-1-2-10)9-11-3-4-11/h10-12H,1-9H2. The van der Waals surface area contributed by atoms with Crippen LogP contribution < -0.4 is 0 Å². The Labute approximate surface area is 92.0 Å². The summed E-state index contributed by atoms with van der Waals surface area (Å²) in [6.07, 6.45) is 8.56. The molecule has 84 valence electrons. The van der Waals surface area contributed by atoms with Crippen molar-refractivity contribution in [1.29, 1.82) is 0 Å². The average Bonchev–Trinajstić information content (AvgIpc) is 3.11. The number of rotatable bonds is 5. The van der Waals surface area contributed by atoms with Crippen LogP contribution in [0.3, 0.4) is 0 Å². The Morgan fingerprint density at radius 3 is 2.00 bits per heavy atom. The number of Topliss-reactive ketones (excluding diaryl/α,β-unsaturated/α-hetero) is 1. The Bertz CT molecular complexity index is 241. The summed E-state index contributed by atoms with van der Waals surface area (Å²) >= 11 is 0. The van der Waals surface area contributed by atoms with Gasteiger partial charge >= 0.3 is 0 Å². The molecule has 0 radical (unpaired) electrons. The third-order valence-corrected chi connectivity index (χ3v) is 4.12. The molecule has 3 aliphatic carbocycles. The van der Waals surface area contributed by atoms with E-state index in [2.05, 4.69) is 4.90 Å². The van der Waals surface area contributed by atoms with E-state index in [9.17, 15) is 4.79 Å². The summed E-state index contributed by atoms with van der Waals surface area (Å²) in [5.41, 5.74) is 0. The normalized spacial score (nSPS) is 31.5. The number of hydrogen-bond acceptors (Lipinski definition) is 2. The Kier molecular flexibility index (Phi) is 2.55. The number of ketones is 1. The van der Waals surface area contributed by atoms with E-state index in [1.165, 1.54) is 38.8 Å². The van der Waals surface area contributed by atoms with Crippen LogP contribution in [0.25, 0.3) is 0 Å². The van der Waals surface area contributed by atoms with Crippen molar-refractivity contribution in [1.82, 2.24) is 4.90 Å². The van der Waals surface area contributed by atoms with E-state index >= 15 is 0 Å². The minimum atomic E-state index is 0.497. The molecule has 0 bridgehead atoms. The van der Waals surface area contributed by atoms with Crippen molar-refractivity contribution < 1.29 is 4.79 Å². The summed E-state index contributed by atoms with van der Waals surface area (Å²) < 4.78 is 0. The molecule has 3 rings (SSSR count). The highest BCUT2D eigenvalue weighted by atomic mass is 16.1. The van der Waals surface area contributed by atoms with E-state index < -0.39 is 0 Å². The molecule has 15 heavy (non-hydrogen) atoms. The monoisotopic (exact) mass is 207 g/mol. The Morgan fingerprint density at radius 2 is 1.60 bits per heavy atom. The van der Waals surface area contributed by atoms with Gasteiger partial charge < -0.3 is 0 Å². The fourth-order valence-electron chi connectivity index (χ4n) is 2.74. The van der Waals surface area contributed by atoms with Gasteiger partial charge in [-0.15, -0.1) is 0 Å². The SMILES string of the molecule is O=C1CCC(N(CC2CC2)CC2CC2)C1. The third kappa shape index (κ3) is 2.60. The molecule has 0 amide bonds. The van der Waals surface area contributed by atoms with Gasteiger partial charge in [0.15, 0.2) is 0 Å². The van der Waals surface area contributed by atoms with Gasteiger partial charge in [0, 0.05) is 32.0 Å². The maximum atomic E-state index is 11.3. The molecule has 0 aromatic rings. The molecule has 2 heteroatoms. The van der Waals surface area contributed by atoms with Crippen molar-refractivity contribution in [3.63, 3.8) is 0 Å². The van der Waals surface area contributed by atoms with E-state index in [1.54, 1.807) is 0 Å². The zero-order valence-electron chi connectivity index (χ0n) is 9.45. The predicted octanol–water partition coefficient (Wildman–Crippen LogP) is 2.23. The van der Waals surface area contributed by atoms with Gasteiger partial charge in [0.25, 0.3) is 0 Å². The van der Waals surface area contributed by atoms with Crippen LogP contribution in [-0.4, -0.2) is 29.8 Å². The van der Waals surface area contributed by atoms with Gasteiger partial charge in [-0.1, -0.05) is 0 Å². The van der Waals surface area contributed by atoms with E-state index in [1.807, 2.05) is 0 Å². The van der Waals surface area contributed by atoms with Gasteiger partial charge in [-0.3, -0.25) is 9.69 Å². The molecule has 1 unspecified atom stereocenters. The lowest BCUT2D eigenvalue weighted by atomic mass is 10.1. The zero-order chi connectivity index (χ0) is 10.3. The smallest absolute Gasteiger partial charge is 0.134 e. The topological polar surface area (TPSA) is 20.3 Å². The minimum absolute atomic E-state index is 0.497. The van der Waals surface area contributed by atoms with E-state index in [0.717, 1.165) is 31.1 Å². The molecular weight excluding hydrogens is 186 g/mol. The first-order chi connectivity index (χ1) is 7.31. The number of carbonyl (C=O) groups is 1. The molecule has 3 saturated carbocycles. The Hall–Kier alpha value is -0.370. The summed E-state index contributed by atoms with van der Waals surface area (Å²) in [5, 5.41) is 0. The summed E-state index contributed by atoms with van der Waals surface area (Å²) in [6, 6.07) is 0.610. The van der Waals surface area contributed by atoms with Crippen LogP contribution >= 0.6 is 0 Å². The first-order valence-electron chi connectivity index (χ1n) is 6.57. The predicted molar refractivity (Wildman–Crippen MR) is 59.7 cm³/mol. The van der Waals surface area contributed by atoms with Crippen molar-refractivity contribution in [3.05, 3.63) is 0 Å². The summed E-state index contributed by atoms with van der Waals surface area (Å²) in [6.45, 7) is 2.57. The lowest BCUT2D eigenvalue weighted by Crippen LogP contribution is -2.37. The molecule has 3 fully saturated rings. The molecule has 0 aliphatic heterocycles. The number of carbonyl (C=O) groups excluding carboxylic acids is 1. The molecule has 0 aromatic heterocycles. The van der Waals surface area contributed by atoms with Gasteiger partial charge in [0.05, 0.1) is 0 Å². The average molecular weight is 207 g/mol. The highest BCUT2D eigenvalue weighted by Gasteiger charge is 2.35. The van der Waals surface area contributed by atoms with E-state index in [0.29, 0.717) is 11.8 Å². The molecule has 2 nitrogen and oxygen atoms in total.